The second-order valence-electron chi connectivity index (χ2n) is 5.36. The average Bonchev–Trinajstić information content (AvgIpc) is 3.06. The Hall–Kier alpha value is -1.81. The number of fused-ring (bicyclic) bond motifs is 1. The van der Waals surface area contributed by atoms with E-state index in [0.29, 0.717) is 36.2 Å². The number of nitrogen functional groups attached to an aromatic ring is 1. The summed E-state index contributed by atoms with van der Waals surface area (Å²) in [5.74, 6) is 0.362. The average molecular weight is 308 g/mol. The van der Waals surface area contributed by atoms with E-state index >= 15 is 0 Å². The van der Waals surface area contributed by atoms with Gasteiger partial charge in [-0.15, -0.1) is 0 Å². The van der Waals surface area contributed by atoms with Crippen molar-refractivity contribution in [3.63, 3.8) is 0 Å². The van der Waals surface area contributed by atoms with Gasteiger partial charge in [-0.3, -0.25) is 0 Å². The van der Waals surface area contributed by atoms with Gasteiger partial charge >= 0.3 is 0 Å². The summed E-state index contributed by atoms with van der Waals surface area (Å²) in [5.41, 5.74) is 12.8. The Morgan fingerprint density at radius 2 is 2.23 bits per heavy atom. The van der Waals surface area contributed by atoms with E-state index in [-0.39, 0.29) is 6.61 Å². The summed E-state index contributed by atoms with van der Waals surface area (Å²) < 4.78 is 7.26. The normalized spacial score (nSPS) is 25.1. The maximum absolute atomic E-state index is 9.90. The minimum Gasteiger partial charge on any atom is -0.394 e. The Balaban J connectivity index is 2.01. The Bertz CT molecular complexity index is 661. The SMILES string of the molecule is NCCCc1nn([C@H]2C[C@H](O)[C@@H](CO)O2)c2ncnc(N)c12. The number of aromatic nitrogens is 4. The molecule has 1 aliphatic heterocycles. The van der Waals surface area contributed by atoms with Crippen molar-refractivity contribution in [1.29, 1.82) is 0 Å². The van der Waals surface area contributed by atoms with Gasteiger partial charge in [-0.25, -0.2) is 14.6 Å². The van der Waals surface area contributed by atoms with Crippen LogP contribution in [0.2, 0.25) is 0 Å². The summed E-state index contributed by atoms with van der Waals surface area (Å²) in [5, 5.41) is 24.3. The van der Waals surface area contributed by atoms with E-state index in [9.17, 15) is 10.2 Å². The number of hydrogen-bond acceptors (Lipinski definition) is 8. The van der Waals surface area contributed by atoms with Crippen LogP contribution in [0.3, 0.4) is 0 Å². The molecule has 1 aliphatic rings. The summed E-state index contributed by atoms with van der Waals surface area (Å²) in [6.07, 6.45) is 1.30. The molecule has 2 aromatic rings. The van der Waals surface area contributed by atoms with E-state index in [2.05, 4.69) is 15.1 Å². The van der Waals surface area contributed by atoms with E-state index in [1.165, 1.54) is 6.33 Å². The third-order valence-corrected chi connectivity index (χ3v) is 3.87. The molecule has 0 aromatic carbocycles. The Kier molecular flexibility index (Phi) is 4.21. The molecule has 0 unspecified atom stereocenters. The predicted molar refractivity (Wildman–Crippen MR) is 78.7 cm³/mol. The van der Waals surface area contributed by atoms with Gasteiger partial charge in [0, 0.05) is 6.42 Å². The van der Waals surface area contributed by atoms with E-state index in [1.54, 1.807) is 4.68 Å². The van der Waals surface area contributed by atoms with Gasteiger partial charge < -0.3 is 26.4 Å². The molecule has 0 bridgehead atoms. The van der Waals surface area contributed by atoms with E-state index < -0.39 is 18.4 Å². The Morgan fingerprint density at radius 1 is 1.41 bits per heavy atom. The van der Waals surface area contributed by atoms with Crippen LogP contribution in [-0.2, 0) is 11.2 Å². The smallest absolute Gasteiger partial charge is 0.166 e. The van der Waals surface area contributed by atoms with Gasteiger partial charge in [0.2, 0.25) is 0 Å². The Labute approximate surface area is 126 Å². The monoisotopic (exact) mass is 308 g/mol. The molecule has 3 heterocycles. The highest BCUT2D eigenvalue weighted by atomic mass is 16.5. The molecule has 6 N–H and O–H groups in total. The molecule has 0 spiro atoms. The fraction of sp³-hybridized carbons (Fsp3) is 0.615. The fourth-order valence-corrected chi connectivity index (χ4v) is 2.74. The molecule has 0 radical (unpaired) electrons. The number of rotatable bonds is 5. The minimum atomic E-state index is -0.735. The van der Waals surface area contributed by atoms with Gasteiger partial charge in [0.05, 0.1) is 23.8 Å². The van der Waals surface area contributed by atoms with Crippen molar-refractivity contribution < 1.29 is 14.9 Å². The fourth-order valence-electron chi connectivity index (χ4n) is 2.74. The molecule has 0 saturated carbocycles. The van der Waals surface area contributed by atoms with Crippen LogP contribution >= 0.6 is 0 Å². The van der Waals surface area contributed by atoms with Crippen LogP contribution < -0.4 is 11.5 Å². The molecule has 1 saturated heterocycles. The highest BCUT2D eigenvalue weighted by Crippen LogP contribution is 2.32. The zero-order valence-electron chi connectivity index (χ0n) is 12.1. The van der Waals surface area contributed by atoms with Crippen molar-refractivity contribution in [3.05, 3.63) is 12.0 Å². The number of aryl methyl sites for hydroxylation is 1. The Morgan fingerprint density at radius 3 is 2.91 bits per heavy atom. The molecule has 3 atom stereocenters. The first-order valence-electron chi connectivity index (χ1n) is 7.27. The minimum absolute atomic E-state index is 0.242. The third-order valence-electron chi connectivity index (χ3n) is 3.87. The zero-order chi connectivity index (χ0) is 15.7. The first-order chi connectivity index (χ1) is 10.7. The lowest BCUT2D eigenvalue weighted by Gasteiger charge is -2.12. The highest BCUT2D eigenvalue weighted by molar-refractivity contribution is 5.88. The molecule has 2 aromatic heterocycles. The molecule has 0 aliphatic carbocycles. The van der Waals surface area contributed by atoms with E-state index in [0.717, 1.165) is 12.1 Å². The summed E-state index contributed by atoms with van der Waals surface area (Å²) >= 11 is 0. The van der Waals surface area contributed by atoms with Crippen molar-refractivity contribution in [2.24, 2.45) is 5.73 Å². The largest absolute Gasteiger partial charge is 0.394 e. The highest BCUT2D eigenvalue weighted by Gasteiger charge is 2.36. The van der Waals surface area contributed by atoms with Crippen LogP contribution in [0.4, 0.5) is 5.82 Å². The van der Waals surface area contributed by atoms with Crippen LogP contribution in [-0.4, -0.2) is 55.3 Å². The number of anilines is 1. The number of nitrogens with two attached hydrogens (primary N) is 2. The zero-order valence-corrected chi connectivity index (χ0v) is 12.1. The number of aliphatic hydroxyl groups is 2. The maximum atomic E-state index is 9.90. The topological polar surface area (TPSA) is 145 Å². The van der Waals surface area contributed by atoms with Crippen LogP contribution in [0.1, 0.15) is 24.8 Å². The molecule has 0 amide bonds. The number of aliphatic hydroxyl groups excluding tert-OH is 2. The van der Waals surface area contributed by atoms with Crippen LogP contribution in [0.5, 0.6) is 0 Å². The van der Waals surface area contributed by atoms with Crippen molar-refractivity contribution in [1.82, 2.24) is 19.7 Å². The molecule has 3 rings (SSSR count). The lowest BCUT2D eigenvalue weighted by atomic mass is 10.2. The molecule has 9 heteroatoms. The number of nitrogens with zero attached hydrogens (tertiary/aromatic N) is 4. The van der Waals surface area contributed by atoms with Gasteiger partial charge in [0.1, 0.15) is 18.2 Å². The second-order valence-corrected chi connectivity index (χ2v) is 5.36. The van der Waals surface area contributed by atoms with Gasteiger partial charge in [-0.05, 0) is 19.4 Å². The number of ether oxygens (including phenoxy) is 1. The summed E-state index contributed by atoms with van der Waals surface area (Å²) in [6, 6.07) is 0. The lowest BCUT2D eigenvalue weighted by molar-refractivity contribution is -0.0471. The number of hydrogen-bond donors (Lipinski definition) is 4. The summed E-state index contributed by atoms with van der Waals surface area (Å²) in [4.78, 5) is 8.26. The van der Waals surface area contributed by atoms with Crippen LogP contribution in [0.15, 0.2) is 6.33 Å². The lowest BCUT2D eigenvalue weighted by Crippen LogP contribution is -2.24. The summed E-state index contributed by atoms with van der Waals surface area (Å²) in [7, 11) is 0. The van der Waals surface area contributed by atoms with E-state index in [1.807, 2.05) is 0 Å². The second kappa shape index (κ2) is 6.13. The van der Waals surface area contributed by atoms with Crippen molar-refractivity contribution >= 4 is 16.9 Å². The molecule has 120 valence electrons. The van der Waals surface area contributed by atoms with Gasteiger partial charge in [0.15, 0.2) is 11.9 Å². The van der Waals surface area contributed by atoms with Crippen molar-refractivity contribution in [3.8, 4) is 0 Å². The van der Waals surface area contributed by atoms with Crippen molar-refractivity contribution in [2.45, 2.75) is 37.7 Å². The van der Waals surface area contributed by atoms with Gasteiger partial charge in [-0.2, -0.15) is 5.10 Å². The molecule has 22 heavy (non-hydrogen) atoms. The molecule has 1 fully saturated rings. The van der Waals surface area contributed by atoms with Gasteiger partial charge in [0.25, 0.3) is 0 Å². The first-order valence-corrected chi connectivity index (χ1v) is 7.27. The third kappa shape index (κ3) is 2.52. The molecular formula is C13H20N6O3. The maximum Gasteiger partial charge on any atom is 0.166 e. The molecular weight excluding hydrogens is 288 g/mol. The van der Waals surface area contributed by atoms with Crippen LogP contribution in [0.25, 0.3) is 11.0 Å². The standard InChI is InChI=1S/C13H20N6O3/c14-3-1-2-7-11-12(15)16-6-17-13(11)19(18-7)10-4-8(21)9(5-20)22-10/h6,8-10,20-21H,1-5,14H2,(H2,15,16,17)/t8-,9+,10+/m0/s1. The van der Waals surface area contributed by atoms with Crippen molar-refractivity contribution in [2.75, 3.05) is 18.9 Å². The van der Waals surface area contributed by atoms with Crippen LogP contribution in [0, 0.1) is 0 Å². The van der Waals surface area contributed by atoms with Gasteiger partial charge in [-0.1, -0.05) is 0 Å². The molecule has 9 nitrogen and oxygen atoms in total. The first kappa shape index (κ1) is 15.1. The van der Waals surface area contributed by atoms with E-state index in [4.69, 9.17) is 16.2 Å². The predicted octanol–water partition coefficient (Wildman–Crippen LogP) is -1.06. The summed E-state index contributed by atoms with van der Waals surface area (Å²) in [6.45, 7) is 0.307. The quantitative estimate of drug-likeness (QED) is 0.547.